The van der Waals surface area contributed by atoms with Crippen LogP contribution in [0.4, 0.5) is 5.69 Å². The summed E-state index contributed by atoms with van der Waals surface area (Å²) >= 11 is 6.56. The first-order chi connectivity index (χ1) is 7.69. The lowest BCUT2D eigenvalue weighted by Crippen LogP contribution is -2.28. The Morgan fingerprint density at radius 1 is 1.31 bits per heavy atom. The van der Waals surface area contributed by atoms with Crippen molar-refractivity contribution in [3.8, 4) is 0 Å². The zero-order valence-electron chi connectivity index (χ0n) is 8.84. The summed E-state index contributed by atoms with van der Waals surface area (Å²) in [6.07, 6.45) is 4.50. The summed E-state index contributed by atoms with van der Waals surface area (Å²) in [5, 5.41) is 2.51. The summed E-state index contributed by atoms with van der Waals surface area (Å²) in [6.45, 7) is 0. The molecule has 1 fully saturated rings. The van der Waals surface area contributed by atoms with Crippen molar-refractivity contribution in [2.45, 2.75) is 23.1 Å². The summed E-state index contributed by atoms with van der Waals surface area (Å²) in [4.78, 5) is 2.44. The highest BCUT2D eigenvalue weighted by Crippen LogP contribution is 2.54. The number of anilines is 1. The summed E-state index contributed by atoms with van der Waals surface area (Å²) in [5.41, 5.74) is 7.82. The maximum Gasteiger partial charge on any atom is 0.105 e. The van der Waals surface area contributed by atoms with Gasteiger partial charge in [0.1, 0.15) is 5.37 Å². The third-order valence-electron chi connectivity index (χ3n) is 3.08. The molecule has 2 nitrogen and oxygen atoms in total. The van der Waals surface area contributed by atoms with Gasteiger partial charge in [-0.3, -0.25) is 0 Å². The predicted octanol–water partition coefficient (Wildman–Crippen LogP) is 3.21. The van der Waals surface area contributed by atoms with Gasteiger partial charge in [-0.15, -0.1) is 11.8 Å². The molecule has 0 bridgehead atoms. The number of rotatable bonds is 2. The van der Waals surface area contributed by atoms with Gasteiger partial charge in [-0.25, -0.2) is 0 Å². The molecule has 0 radical (unpaired) electrons. The van der Waals surface area contributed by atoms with Gasteiger partial charge in [0.25, 0.3) is 0 Å². The van der Waals surface area contributed by atoms with E-state index in [1.807, 2.05) is 23.9 Å². The number of benzene rings is 1. The van der Waals surface area contributed by atoms with Gasteiger partial charge in [0.15, 0.2) is 0 Å². The van der Waals surface area contributed by atoms with Crippen LogP contribution in [0.3, 0.4) is 0 Å². The number of nitrogens with two attached hydrogens (primary N) is 1. The lowest BCUT2D eigenvalue weighted by molar-refractivity contribution is 0.332. The number of hydrogen-bond donors (Lipinski definition) is 2. The van der Waals surface area contributed by atoms with Crippen LogP contribution in [0, 0.1) is 0 Å². The number of thioether (sulfide) groups is 1. The first kappa shape index (κ1) is 10.4. The van der Waals surface area contributed by atoms with Crippen molar-refractivity contribution in [3.05, 3.63) is 41.4 Å². The second-order valence-electron chi connectivity index (χ2n) is 4.33. The monoisotopic (exact) mass is 250 g/mol. The van der Waals surface area contributed by atoms with Crippen LogP contribution in [0.15, 0.2) is 35.9 Å². The van der Waals surface area contributed by atoms with Crippen LogP contribution in [-0.2, 0) is 0 Å². The van der Waals surface area contributed by atoms with E-state index in [0.29, 0.717) is 5.37 Å². The Labute approximate surface area is 105 Å². The van der Waals surface area contributed by atoms with E-state index in [2.05, 4.69) is 28.6 Å². The minimum absolute atomic E-state index is 0.0893. The summed E-state index contributed by atoms with van der Waals surface area (Å²) < 4.78 is 0. The van der Waals surface area contributed by atoms with E-state index >= 15 is 0 Å². The normalized spacial score (nSPS) is 26.1. The van der Waals surface area contributed by atoms with Gasteiger partial charge in [0.05, 0.1) is 4.87 Å². The van der Waals surface area contributed by atoms with E-state index in [1.165, 1.54) is 18.4 Å². The largest absolute Gasteiger partial charge is 0.399 e. The lowest BCUT2D eigenvalue weighted by Gasteiger charge is -2.30. The molecule has 0 amide bonds. The number of nitrogens with zero attached hydrogens (tertiary/aromatic N) is 1. The van der Waals surface area contributed by atoms with E-state index in [0.717, 1.165) is 5.69 Å². The third-order valence-corrected chi connectivity index (χ3v) is 4.80. The smallest absolute Gasteiger partial charge is 0.105 e. The van der Waals surface area contributed by atoms with E-state index in [1.54, 1.807) is 0 Å². The molecule has 3 rings (SSSR count). The molecular weight excluding hydrogens is 236 g/mol. The van der Waals surface area contributed by atoms with Gasteiger partial charge in [0.2, 0.25) is 0 Å². The minimum Gasteiger partial charge on any atom is -0.399 e. The van der Waals surface area contributed by atoms with Crippen LogP contribution in [-0.4, -0.2) is 9.77 Å². The van der Waals surface area contributed by atoms with Crippen molar-refractivity contribution in [3.63, 3.8) is 0 Å². The number of nitrogen functional groups attached to an aromatic ring is 1. The van der Waals surface area contributed by atoms with Crippen molar-refractivity contribution >= 4 is 30.1 Å². The Morgan fingerprint density at radius 3 is 2.62 bits per heavy atom. The Hall–Kier alpha value is -0.740. The minimum atomic E-state index is 0.0893. The highest BCUT2D eigenvalue weighted by molar-refractivity contribution is 8.02. The van der Waals surface area contributed by atoms with Crippen LogP contribution in [0.1, 0.15) is 23.8 Å². The molecular formula is C12H14N2S2. The van der Waals surface area contributed by atoms with Gasteiger partial charge in [-0.1, -0.05) is 12.1 Å². The molecule has 2 N–H and O–H groups in total. The van der Waals surface area contributed by atoms with Crippen molar-refractivity contribution < 1.29 is 0 Å². The molecule has 0 aromatic heterocycles. The van der Waals surface area contributed by atoms with E-state index in [4.69, 9.17) is 18.4 Å². The second kappa shape index (κ2) is 3.64. The lowest BCUT2D eigenvalue weighted by atomic mass is 10.2. The number of thiol groups is 1. The van der Waals surface area contributed by atoms with Crippen molar-refractivity contribution in [2.24, 2.45) is 0 Å². The zero-order chi connectivity index (χ0) is 11.2. The molecule has 2 aliphatic rings. The topological polar surface area (TPSA) is 29.3 Å². The SMILES string of the molecule is Nc1ccc(C2SC=CN2C2(S)CC2)cc1. The average Bonchev–Trinajstić information content (AvgIpc) is 2.84. The van der Waals surface area contributed by atoms with Crippen molar-refractivity contribution in [1.82, 2.24) is 4.90 Å². The van der Waals surface area contributed by atoms with Gasteiger partial charge >= 0.3 is 0 Å². The van der Waals surface area contributed by atoms with Gasteiger partial charge < -0.3 is 10.6 Å². The fourth-order valence-electron chi connectivity index (χ4n) is 1.95. The fraction of sp³-hybridized carbons (Fsp3) is 0.333. The van der Waals surface area contributed by atoms with Crippen LogP contribution in [0.25, 0.3) is 0 Å². The van der Waals surface area contributed by atoms with Crippen LogP contribution >= 0.6 is 24.4 Å². The molecule has 1 saturated carbocycles. The van der Waals surface area contributed by atoms with Gasteiger partial charge in [-0.05, 0) is 35.9 Å². The Balaban J connectivity index is 1.87. The quantitative estimate of drug-likeness (QED) is 0.624. The van der Waals surface area contributed by atoms with Crippen molar-refractivity contribution in [2.75, 3.05) is 5.73 Å². The van der Waals surface area contributed by atoms with Gasteiger partial charge in [0, 0.05) is 11.9 Å². The molecule has 1 unspecified atom stereocenters. The van der Waals surface area contributed by atoms with E-state index in [-0.39, 0.29) is 4.87 Å². The van der Waals surface area contributed by atoms with Gasteiger partial charge in [-0.2, -0.15) is 12.6 Å². The highest BCUT2D eigenvalue weighted by atomic mass is 32.2. The zero-order valence-corrected chi connectivity index (χ0v) is 10.5. The predicted molar refractivity (Wildman–Crippen MR) is 73.1 cm³/mol. The van der Waals surface area contributed by atoms with Crippen LogP contribution in [0.5, 0.6) is 0 Å². The Kier molecular flexibility index (Phi) is 2.37. The molecule has 1 aliphatic heterocycles. The maximum atomic E-state index is 5.71. The first-order valence-corrected chi connectivity index (χ1v) is 6.76. The Bertz CT molecular complexity index is 423. The molecule has 4 heteroatoms. The van der Waals surface area contributed by atoms with Crippen LogP contribution in [0.2, 0.25) is 0 Å². The third kappa shape index (κ3) is 1.70. The second-order valence-corrected chi connectivity index (χ2v) is 6.15. The molecule has 84 valence electrons. The Morgan fingerprint density at radius 2 is 2.00 bits per heavy atom. The summed E-state index contributed by atoms with van der Waals surface area (Å²) in [5.74, 6) is 0. The van der Waals surface area contributed by atoms with Crippen LogP contribution < -0.4 is 5.73 Å². The highest BCUT2D eigenvalue weighted by Gasteiger charge is 2.47. The fourth-order valence-corrected chi connectivity index (χ4v) is 3.39. The average molecular weight is 250 g/mol. The molecule has 1 aromatic rings. The maximum absolute atomic E-state index is 5.71. The molecule has 1 aliphatic carbocycles. The first-order valence-electron chi connectivity index (χ1n) is 5.37. The molecule has 16 heavy (non-hydrogen) atoms. The number of hydrogen-bond acceptors (Lipinski definition) is 4. The molecule has 1 aromatic carbocycles. The molecule has 1 heterocycles. The molecule has 0 saturated heterocycles. The van der Waals surface area contributed by atoms with Crippen molar-refractivity contribution in [1.29, 1.82) is 0 Å². The summed E-state index contributed by atoms with van der Waals surface area (Å²) in [7, 11) is 0. The molecule has 1 atom stereocenters. The van der Waals surface area contributed by atoms with E-state index < -0.39 is 0 Å². The molecule has 0 spiro atoms. The van der Waals surface area contributed by atoms with E-state index in [9.17, 15) is 0 Å². The standard InChI is InChI=1S/C12H14N2S2/c13-10-3-1-9(2-4-10)11-14(7-8-16-11)12(15)5-6-12/h1-4,7-8,11,15H,5-6,13H2. The summed E-state index contributed by atoms with van der Waals surface area (Å²) in [6, 6.07) is 8.13.